The fourth-order valence-corrected chi connectivity index (χ4v) is 2.41. The van der Waals surface area contributed by atoms with E-state index in [1.54, 1.807) is 0 Å². The lowest BCUT2D eigenvalue weighted by Crippen LogP contribution is -2.22. The monoisotopic (exact) mass is 275 g/mol. The summed E-state index contributed by atoms with van der Waals surface area (Å²) in [5, 5.41) is 3.18. The van der Waals surface area contributed by atoms with Gasteiger partial charge >= 0.3 is 0 Å². The Hall–Kier alpha value is -1.74. The van der Waals surface area contributed by atoms with E-state index < -0.39 is 0 Å². The standard InChI is InChI=1S/C17H19F2N/c1-20-12-15(10-13-2-6-16(18)7-3-13)11-14-4-8-17(19)9-5-14/h2-9,15,20H,10-12H2,1H3. The van der Waals surface area contributed by atoms with Crippen molar-refractivity contribution in [2.75, 3.05) is 13.6 Å². The number of halogens is 2. The Labute approximate surface area is 118 Å². The van der Waals surface area contributed by atoms with Crippen molar-refractivity contribution < 1.29 is 8.78 Å². The molecule has 0 saturated carbocycles. The van der Waals surface area contributed by atoms with Gasteiger partial charge < -0.3 is 5.32 Å². The van der Waals surface area contributed by atoms with Crippen LogP contribution in [-0.4, -0.2) is 13.6 Å². The first-order valence-electron chi connectivity index (χ1n) is 6.81. The number of hydrogen-bond acceptors (Lipinski definition) is 1. The molecule has 0 spiro atoms. The van der Waals surface area contributed by atoms with E-state index >= 15 is 0 Å². The van der Waals surface area contributed by atoms with Gasteiger partial charge in [0.05, 0.1) is 0 Å². The molecule has 2 aromatic rings. The summed E-state index contributed by atoms with van der Waals surface area (Å²) in [5.41, 5.74) is 2.24. The van der Waals surface area contributed by atoms with Gasteiger partial charge in [-0.05, 0) is 67.7 Å². The lowest BCUT2D eigenvalue weighted by atomic mass is 9.92. The first-order valence-corrected chi connectivity index (χ1v) is 6.81. The van der Waals surface area contributed by atoms with Gasteiger partial charge in [0.2, 0.25) is 0 Å². The van der Waals surface area contributed by atoms with E-state index in [-0.39, 0.29) is 11.6 Å². The Morgan fingerprint density at radius 1 is 0.800 bits per heavy atom. The molecule has 0 aliphatic carbocycles. The average Bonchev–Trinajstić information content (AvgIpc) is 2.44. The zero-order valence-electron chi connectivity index (χ0n) is 11.6. The Morgan fingerprint density at radius 2 is 1.20 bits per heavy atom. The van der Waals surface area contributed by atoms with Crippen LogP contribution in [0.3, 0.4) is 0 Å². The number of nitrogens with one attached hydrogen (secondary N) is 1. The highest BCUT2D eigenvalue weighted by atomic mass is 19.1. The van der Waals surface area contributed by atoms with Crippen molar-refractivity contribution in [3.63, 3.8) is 0 Å². The van der Waals surface area contributed by atoms with E-state index in [0.717, 1.165) is 30.5 Å². The molecule has 1 N–H and O–H groups in total. The zero-order chi connectivity index (χ0) is 14.4. The molecule has 0 amide bonds. The predicted octanol–water partition coefficient (Wildman–Crippen LogP) is 3.59. The van der Waals surface area contributed by atoms with Gasteiger partial charge in [0, 0.05) is 0 Å². The molecule has 0 aromatic heterocycles. The van der Waals surface area contributed by atoms with Crippen molar-refractivity contribution in [1.82, 2.24) is 5.32 Å². The minimum atomic E-state index is -0.211. The van der Waals surface area contributed by atoms with Crippen molar-refractivity contribution in [3.8, 4) is 0 Å². The van der Waals surface area contributed by atoms with Gasteiger partial charge in [0.25, 0.3) is 0 Å². The van der Waals surface area contributed by atoms with Crippen LogP contribution in [0.2, 0.25) is 0 Å². The van der Waals surface area contributed by atoms with Gasteiger partial charge in [-0.3, -0.25) is 0 Å². The summed E-state index contributed by atoms with van der Waals surface area (Å²) < 4.78 is 25.8. The van der Waals surface area contributed by atoms with Gasteiger partial charge in [0.15, 0.2) is 0 Å². The molecule has 0 heterocycles. The lowest BCUT2D eigenvalue weighted by molar-refractivity contribution is 0.492. The quantitative estimate of drug-likeness (QED) is 0.849. The van der Waals surface area contributed by atoms with E-state index in [0.29, 0.717) is 5.92 Å². The summed E-state index contributed by atoms with van der Waals surface area (Å²) in [6, 6.07) is 13.2. The van der Waals surface area contributed by atoms with Crippen LogP contribution in [0.1, 0.15) is 11.1 Å². The highest BCUT2D eigenvalue weighted by Gasteiger charge is 2.10. The maximum Gasteiger partial charge on any atom is 0.123 e. The Bertz CT molecular complexity index is 472. The van der Waals surface area contributed by atoms with Crippen LogP contribution in [0.5, 0.6) is 0 Å². The fourth-order valence-electron chi connectivity index (χ4n) is 2.41. The highest BCUT2D eigenvalue weighted by molar-refractivity contribution is 5.19. The van der Waals surface area contributed by atoms with Crippen LogP contribution in [0, 0.1) is 17.6 Å². The molecule has 20 heavy (non-hydrogen) atoms. The zero-order valence-corrected chi connectivity index (χ0v) is 11.6. The van der Waals surface area contributed by atoms with Crippen molar-refractivity contribution in [3.05, 3.63) is 71.3 Å². The van der Waals surface area contributed by atoms with Gasteiger partial charge in [-0.2, -0.15) is 0 Å². The van der Waals surface area contributed by atoms with Crippen molar-refractivity contribution in [1.29, 1.82) is 0 Å². The van der Waals surface area contributed by atoms with Crippen LogP contribution >= 0.6 is 0 Å². The Kier molecular flexibility index (Phi) is 5.24. The topological polar surface area (TPSA) is 12.0 Å². The minimum Gasteiger partial charge on any atom is -0.319 e. The second kappa shape index (κ2) is 7.15. The Morgan fingerprint density at radius 3 is 1.55 bits per heavy atom. The SMILES string of the molecule is CNCC(Cc1ccc(F)cc1)Cc1ccc(F)cc1. The smallest absolute Gasteiger partial charge is 0.123 e. The van der Waals surface area contributed by atoms with Crippen LogP contribution < -0.4 is 5.32 Å². The molecular weight excluding hydrogens is 256 g/mol. The predicted molar refractivity (Wildman–Crippen MR) is 77.6 cm³/mol. The minimum absolute atomic E-state index is 0.211. The molecule has 0 aliphatic heterocycles. The average molecular weight is 275 g/mol. The van der Waals surface area contributed by atoms with Gasteiger partial charge in [-0.15, -0.1) is 0 Å². The van der Waals surface area contributed by atoms with E-state index in [4.69, 9.17) is 0 Å². The summed E-state index contributed by atoms with van der Waals surface area (Å²) in [6.07, 6.45) is 1.75. The maximum atomic E-state index is 12.9. The second-order valence-electron chi connectivity index (χ2n) is 5.08. The molecule has 0 radical (unpaired) electrons. The molecule has 0 saturated heterocycles. The first-order chi connectivity index (χ1) is 9.67. The van der Waals surface area contributed by atoms with Crippen molar-refractivity contribution in [2.24, 2.45) is 5.92 Å². The molecule has 1 nitrogen and oxygen atoms in total. The summed E-state index contributed by atoms with van der Waals surface area (Å²) >= 11 is 0. The molecule has 2 aromatic carbocycles. The van der Waals surface area contributed by atoms with Crippen LogP contribution in [0.4, 0.5) is 8.78 Å². The number of hydrogen-bond donors (Lipinski definition) is 1. The second-order valence-corrected chi connectivity index (χ2v) is 5.08. The van der Waals surface area contributed by atoms with E-state index in [1.807, 2.05) is 31.3 Å². The van der Waals surface area contributed by atoms with Gasteiger partial charge in [0.1, 0.15) is 11.6 Å². The molecule has 0 atom stereocenters. The summed E-state index contributed by atoms with van der Waals surface area (Å²) in [4.78, 5) is 0. The molecule has 0 unspecified atom stereocenters. The van der Waals surface area contributed by atoms with Crippen molar-refractivity contribution >= 4 is 0 Å². The molecule has 0 aliphatic rings. The molecule has 0 fully saturated rings. The lowest BCUT2D eigenvalue weighted by Gasteiger charge is -2.17. The van der Waals surface area contributed by atoms with Gasteiger partial charge in [-0.1, -0.05) is 24.3 Å². The molecule has 2 rings (SSSR count). The van der Waals surface area contributed by atoms with E-state index in [9.17, 15) is 8.78 Å². The Balaban J connectivity index is 2.02. The first kappa shape index (κ1) is 14.7. The molecule has 0 bridgehead atoms. The van der Waals surface area contributed by atoms with E-state index in [1.165, 1.54) is 24.3 Å². The third kappa shape index (κ3) is 4.42. The van der Waals surface area contributed by atoms with Crippen LogP contribution in [0.25, 0.3) is 0 Å². The molecule has 106 valence electrons. The largest absolute Gasteiger partial charge is 0.319 e. The fraction of sp³-hybridized carbons (Fsp3) is 0.294. The highest BCUT2D eigenvalue weighted by Crippen LogP contribution is 2.15. The normalized spacial score (nSPS) is 11.0. The summed E-state index contributed by atoms with van der Waals surface area (Å²) in [5.74, 6) is -0.0224. The number of rotatable bonds is 6. The molecular formula is C17H19F2N. The summed E-state index contributed by atoms with van der Waals surface area (Å²) in [7, 11) is 1.92. The third-order valence-electron chi connectivity index (χ3n) is 3.37. The van der Waals surface area contributed by atoms with Crippen molar-refractivity contribution in [2.45, 2.75) is 12.8 Å². The molecule has 3 heteroatoms. The van der Waals surface area contributed by atoms with E-state index in [2.05, 4.69) is 5.32 Å². The van der Waals surface area contributed by atoms with Crippen LogP contribution in [-0.2, 0) is 12.8 Å². The van der Waals surface area contributed by atoms with Crippen LogP contribution in [0.15, 0.2) is 48.5 Å². The van der Waals surface area contributed by atoms with Gasteiger partial charge in [-0.25, -0.2) is 8.78 Å². The maximum absolute atomic E-state index is 12.9. The summed E-state index contributed by atoms with van der Waals surface area (Å²) in [6.45, 7) is 0.870. The number of benzene rings is 2. The third-order valence-corrected chi connectivity index (χ3v) is 3.37.